The van der Waals surface area contributed by atoms with Gasteiger partial charge in [0.15, 0.2) is 0 Å². The number of aliphatic hydroxyl groups excluding tert-OH is 2. The molecule has 0 aliphatic carbocycles. The van der Waals surface area contributed by atoms with Gasteiger partial charge in [-0.2, -0.15) is 0 Å². The van der Waals surface area contributed by atoms with Crippen molar-refractivity contribution >= 4 is 0 Å². The smallest absolute Gasteiger partial charge is 0.0940 e. The molecule has 0 radical (unpaired) electrons. The van der Waals surface area contributed by atoms with E-state index in [-0.39, 0.29) is 12.6 Å². The molecule has 1 rings (SSSR count). The molecule has 0 fully saturated rings. The monoisotopic (exact) mass is 251 g/mol. The summed E-state index contributed by atoms with van der Waals surface area (Å²) in [6.45, 7) is 5.03. The lowest BCUT2D eigenvalue weighted by Gasteiger charge is -2.20. The number of rotatable bonds is 8. The lowest BCUT2D eigenvalue weighted by molar-refractivity contribution is 0.134. The Bertz CT molecular complexity index is 324. The molecule has 1 aromatic carbocycles. The Kier molecular flexibility index (Phi) is 6.94. The van der Waals surface area contributed by atoms with Crippen LogP contribution in [0, 0.1) is 0 Å². The van der Waals surface area contributed by atoms with Crippen LogP contribution < -0.4 is 5.32 Å². The molecule has 0 spiro atoms. The van der Waals surface area contributed by atoms with Crippen LogP contribution in [0.5, 0.6) is 0 Å². The third-order valence-electron chi connectivity index (χ3n) is 3.13. The molecule has 0 saturated carbocycles. The fourth-order valence-electron chi connectivity index (χ4n) is 1.98. The van der Waals surface area contributed by atoms with E-state index in [1.807, 2.05) is 19.1 Å². The molecule has 0 saturated heterocycles. The first kappa shape index (κ1) is 15.2. The average Bonchev–Trinajstić information content (AvgIpc) is 2.39. The molecule has 3 heteroatoms. The van der Waals surface area contributed by atoms with Crippen molar-refractivity contribution in [2.24, 2.45) is 0 Å². The minimum absolute atomic E-state index is 0.00595. The molecule has 0 aromatic heterocycles. The first-order chi connectivity index (χ1) is 8.69. The Morgan fingerprint density at radius 3 is 2.44 bits per heavy atom. The molecular formula is C15H25NO2. The molecule has 18 heavy (non-hydrogen) atoms. The Morgan fingerprint density at radius 1 is 1.22 bits per heavy atom. The summed E-state index contributed by atoms with van der Waals surface area (Å²) in [4.78, 5) is 0. The van der Waals surface area contributed by atoms with E-state index in [1.54, 1.807) is 0 Å². The van der Waals surface area contributed by atoms with Gasteiger partial charge in [0, 0.05) is 12.6 Å². The summed E-state index contributed by atoms with van der Waals surface area (Å²) in [6.07, 6.45) is 2.44. The standard InChI is InChI=1S/C15H25NO2/c1-3-5-13-6-8-14(9-7-13)15(18)12(2)16-10-4-11-17/h6-9,12,15-18H,3-5,10-11H2,1-2H3. The Morgan fingerprint density at radius 2 is 1.89 bits per heavy atom. The molecule has 102 valence electrons. The number of aliphatic hydroxyl groups is 2. The van der Waals surface area contributed by atoms with E-state index in [4.69, 9.17) is 5.11 Å². The molecule has 0 aliphatic heterocycles. The van der Waals surface area contributed by atoms with Crippen molar-refractivity contribution < 1.29 is 10.2 Å². The molecule has 0 bridgehead atoms. The highest BCUT2D eigenvalue weighted by atomic mass is 16.3. The highest BCUT2D eigenvalue weighted by Crippen LogP contribution is 2.18. The second kappa shape index (κ2) is 8.25. The largest absolute Gasteiger partial charge is 0.396 e. The fraction of sp³-hybridized carbons (Fsp3) is 0.600. The minimum Gasteiger partial charge on any atom is -0.396 e. The number of hydrogen-bond donors (Lipinski definition) is 3. The van der Waals surface area contributed by atoms with Gasteiger partial charge in [-0.1, -0.05) is 37.6 Å². The number of aryl methyl sites for hydroxylation is 1. The maximum Gasteiger partial charge on any atom is 0.0940 e. The van der Waals surface area contributed by atoms with Crippen LogP contribution in [-0.2, 0) is 6.42 Å². The molecular weight excluding hydrogens is 226 g/mol. The lowest BCUT2D eigenvalue weighted by atomic mass is 10.0. The van der Waals surface area contributed by atoms with E-state index < -0.39 is 6.10 Å². The van der Waals surface area contributed by atoms with Crippen molar-refractivity contribution in [1.82, 2.24) is 5.32 Å². The predicted octanol–water partition coefficient (Wildman–Crippen LogP) is 2.03. The molecule has 3 nitrogen and oxygen atoms in total. The van der Waals surface area contributed by atoms with Crippen LogP contribution in [0.1, 0.15) is 43.9 Å². The molecule has 2 unspecified atom stereocenters. The Hall–Kier alpha value is -0.900. The fourth-order valence-corrected chi connectivity index (χ4v) is 1.98. The quantitative estimate of drug-likeness (QED) is 0.620. The highest BCUT2D eigenvalue weighted by molar-refractivity contribution is 5.25. The summed E-state index contributed by atoms with van der Waals surface area (Å²) in [6, 6.07) is 8.17. The normalized spacial score (nSPS) is 14.4. The Labute approximate surface area is 110 Å². The molecule has 0 amide bonds. The summed E-state index contributed by atoms with van der Waals surface area (Å²) >= 11 is 0. The minimum atomic E-state index is -0.501. The first-order valence-electron chi connectivity index (χ1n) is 6.80. The van der Waals surface area contributed by atoms with Crippen LogP contribution in [-0.4, -0.2) is 29.4 Å². The second-order valence-corrected chi connectivity index (χ2v) is 4.76. The van der Waals surface area contributed by atoms with E-state index in [2.05, 4.69) is 24.4 Å². The van der Waals surface area contributed by atoms with Crippen molar-refractivity contribution in [3.63, 3.8) is 0 Å². The van der Waals surface area contributed by atoms with Crippen molar-refractivity contribution in [2.75, 3.05) is 13.2 Å². The van der Waals surface area contributed by atoms with E-state index in [1.165, 1.54) is 5.56 Å². The lowest BCUT2D eigenvalue weighted by Crippen LogP contribution is -2.33. The molecule has 0 heterocycles. The maximum atomic E-state index is 10.2. The summed E-state index contributed by atoms with van der Waals surface area (Å²) in [5.41, 5.74) is 2.26. The van der Waals surface area contributed by atoms with Gasteiger partial charge >= 0.3 is 0 Å². The SMILES string of the molecule is CCCc1ccc(C(O)C(C)NCCCO)cc1. The van der Waals surface area contributed by atoms with Crippen molar-refractivity contribution in [2.45, 2.75) is 45.3 Å². The van der Waals surface area contributed by atoms with Crippen LogP contribution in [0.25, 0.3) is 0 Å². The van der Waals surface area contributed by atoms with Crippen LogP contribution >= 0.6 is 0 Å². The first-order valence-corrected chi connectivity index (χ1v) is 6.80. The van der Waals surface area contributed by atoms with Crippen LogP contribution in [0.15, 0.2) is 24.3 Å². The van der Waals surface area contributed by atoms with Gasteiger partial charge in [-0.25, -0.2) is 0 Å². The van der Waals surface area contributed by atoms with Gasteiger partial charge in [0.25, 0.3) is 0 Å². The van der Waals surface area contributed by atoms with Gasteiger partial charge in [-0.3, -0.25) is 0 Å². The maximum absolute atomic E-state index is 10.2. The highest BCUT2D eigenvalue weighted by Gasteiger charge is 2.15. The van der Waals surface area contributed by atoms with Gasteiger partial charge in [-0.05, 0) is 37.4 Å². The summed E-state index contributed by atoms with van der Waals surface area (Å²) < 4.78 is 0. The Balaban J connectivity index is 2.51. The topological polar surface area (TPSA) is 52.5 Å². The second-order valence-electron chi connectivity index (χ2n) is 4.76. The van der Waals surface area contributed by atoms with E-state index in [9.17, 15) is 5.11 Å². The van der Waals surface area contributed by atoms with Crippen LogP contribution in [0.2, 0.25) is 0 Å². The zero-order valence-corrected chi connectivity index (χ0v) is 11.4. The summed E-state index contributed by atoms with van der Waals surface area (Å²) in [5.74, 6) is 0. The van der Waals surface area contributed by atoms with Gasteiger partial charge < -0.3 is 15.5 Å². The van der Waals surface area contributed by atoms with Gasteiger partial charge in [0.05, 0.1) is 6.10 Å². The van der Waals surface area contributed by atoms with Crippen molar-refractivity contribution in [1.29, 1.82) is 0 Å². The molecule has 1 aromatic rings. The number of benzene rings is 1. The number of hydrogen-bond acceptors (Lipinski definition) is 3. The zero-order chi connectivity index (χ0) is 13.4. The van der Waals surface area contributed by atoms with Gasteiger partial charge in [0.1, 0.15) is 0 Å². The van der Waals surface area contributed by atoms with Crippen molar-refractivity contribution in [3.8, 4) is 0 Å². The van der Waals surface area contributed by atoms with Gasteiger partial charge in [-0.15, -0.1) is 0 Å². The third-order valence-corrected chi connectivity index (χ3v) is 3.13. The van der Waals surface area contributed by atoms with E-state index >= 15 is 0 Å². The van der Waals surface area contributed by atoms with E-state index in [0.29, 0.717) is 6.42 Å². The zero-order valence-electron chi connectivity index (χ0n) is 11.4. The van der Waals surface area contributed by atoms with Gasteiger partial charge in [0.2, 0.25) is 0 Å². The summed E-state index contributed by atoms with van der Waals surface area (Å²) in [7, 11) is 0. The number of nitrogens with one attached hydrogen (secondary N) is 1. The van der Waals surface area contributed by atoms with Crippen LogP contribution in [0.3, 0.4) is 0 Å². The van der Waals surface area contributed by atoms with Crippen LogP contribution in [0.4, 0.5) is 0 Å². The average molecular weight is 251 g/mol. The molecule has 2 atom stereocenters. The molecule has 0 aliphatic rings. The molecule has 3 N–H and O–H groups in total. The van der Waals surface area contributed by atoms with Crippen molar-refractivity contribution in [3.05, 3.63) is 35.4 Å². The summed E-state index contributed by atoms with van der Waals surface area (Å²) in [5, 5.41) is 22.1. The predicted molar refractivity (Wildman–Crippen MR) is 74.6 cm³/mol. The van der Waals surface area contributed by atoms with E-state index in [0.717, 1.165) is 24.9 Å². The third kappa shape index (κ3) is 4.77.